The molecule has 9 nitrogen and oxygen atoms in total. The van der Waals surface area contributed by atoms with E-state index in [0.29, 0.717) is 5.82 Å². The van der Waals surface area contributed by atoms with Gasteiger partial charge in [0.05, 0.1) is 31.4 Å². The molecule has 1 aliphatic heterocycles. The Morgan fingerprint density at radius 3 is 2.39 bits per heavy atom. The summed E-state index contributed by atoms with van der Waals surface area (Å²) in [5.41, 5.74) is 1.93. The Balaban J connectivity index is 1.50. The number of rotatable bonds is 7. The standard InChI is InChI=1S/C24H28N6O3/c1-17(31)25-16-23(32)26-15-22-27-19-8-4-3-7-18(19)24(28-22)30-13-11-29(12-14-30)20-9-5-6-10-21(20)33-2/h3-10H,11-16H2,1-2H3,(H,25,31)(H,26,32). The van der Waals surface area contributed by atoms with E-state index in [1.807, 2.05) is 42.5 Å². The van der Waals surface area contributed by atoms with Crippen molar-refractivity contribution in [1.29, 1.82) is 0 Å². The van der Waals surface area contributed by atoms with Crippen LogP contribution < -0.4 is 25.2 Å². The number of aromatic nitrogens is 2. The Hall–Kier alpha value is -3.88. The van der Waals surface area contributed by atoms with Crippen molar-refractivity contribution in [3.05, 3.63) is 54.4 Å². The lowest BCUT2D eigenvalue weighted by molar-refractivity contribution is -0.125. The number of fused-ring (bicyclic) bond motifs is 1. The quantitative estimate of drug-likeness (QED) is 0.568. The lowest BCUT2D eigenvalue weighted by Gasteiger charge is -2.37. The Kier molecular flexibility index (Phi) is 6.87. The molecule has 4 rings (SSSR count). The van der Waals surface area contributed by atoms with Gasteiger partial charge < -0.3 is 25.2 Å². The molecule has 2 heterocycles. The first-order chi connectivity index (χ1) is 16.0. The molecule has 0 spiro atoms. The highest BCUT2D eigenvalue weighted by atomic mass is 16.5. The number of piperazine rings is 1. The minimum Gasteiger partial charge on any atom is -0.495 e. The maximum absolute atomic E-state index is 12.0. The number of nitrogens with zero attached hydrogens (tertiary/aromatic N) is 4. The molecule has 2 aromatic carbocycles. The van der Waals surface area contributed by atoms with E-state index < -0.39 is 0 Å². The molecule has 2 N–H and O–H groups in total. The van der Waals surface area contributed by atoms with Gasteiger partial charge in [0.25, 0.3) is 0 Å². The third-order valence-corrected chi connectivity index (χ3v) is 5.58. The minimum absolute atomic E-state index is 0.0688. The van der Waals surface area contributed by atoms with Crippen molar-refractivity contribution >= 4 is 34.2 Å². The second kappa shape index (κ2) is 10.2. The number of amides is 2. The molecule has 0 radical (unpaired) electrons. The molecule has 0 bridgehead atoms. The maximum atomic E-state index is 12.0. The van der Waals surface area contributed by atoms with Gasteiger partial charge in [0, 0.05) is 38.5 Å². The number of hydrogen-bond acceptors (Lipinski definition) is 7. The van der Waals surface area contributed by atoms with Gasteiger partial charge in [-0.3, -0.25) is 9.59 Å². The van der Waals surface area contributed by atoms with Crippen LogP contribution in [0.2, 0.25) is 0 Å². The van der Waals surface area contributed by atoms with Gasteiger partial charge in [-0.25, -0.2) is 9.97 Å². The van der Waals surface area contributed by atoms with Crippen LogP contribution in [-0.4, -0.2) is 61.6 Å². The van der Waals surface area contributed by atoms with Crippen LogP contribution >= 0.6 is 0 Å². The zero-order chi connectivity index (χ0) is 23.2. The van der Waals surface area contributed by atoms with Crippen LogP contribution in [0.4, 0.5) is 11.5 Å². The summed E-state index contributed by atoms with van der Waals surface area (Å²) < 4.78 is 5.53. The van der Waals surface area contributed by atoms with Crippen LogP contribution in [0, 0.1) is 0 Å². The van der Waals surface area contributed by atoms with E-state index in [-0.39, 0.29) is 24.9 Å². The fourth-order valence-corrected chi connectivity index (χ4v) is 3.92. The topological polar surface area (TPSA) is 99.7 Å². The van der Waals surface area contributed by atoms with Gasteiger partial charge in [-0.15, -0.1) is 0 Å². The first kappa shape index (κ1) is 22.3. The summed E-state index contributed by atoms with van der Waals surface area (Å²) in [6.45, 7) is 4.77. The largest absolute Gasteiger partial charge is 0.495 e. The van der Waals surface area contributed by atoms with Crippen LogP contribution in [0.3, 0.4) is 0 Å². The second-order valence-electron chi connectivity index (χ2n) is 7.81. The lowest BCUT2D eigenvalue weighted by Crippen LogP contribution is -2.47. The predicted octanol–water partition coefficient (Wildman–Crippen LogP) is 1.72. The molecule has 1 aliphatic rings. The molecule has 3 aromatic rings. The van der Waals surface area contributed by atoms with Crippen LogP contribution in [-0.2, 0) is 16.1 Å². The SMILES string of the molecule is COc1ccccc1N1CCN(c2nc(CNC(=O)CNC(C)=O)nc3ccccc23)CC1. The van der Waals surface area contributed by atoms with Crippen molar-refractivity contribution in [1.82, 2.24) is 20.6 Å². The van der Waals surface area contributed by atoms with E-state index in [9.17, 15) is 9.59 Å². The van der Waals surface area contributed by atoms with E-state index in [2.05, 4.69) is 31.5 Å². The van der Waals surface area contributed by atoms with E-state index >= 15 is 0 Å². The molecule has 1 aromatic heterocycles. The fraction of sp³-hybridized carbons (Fsp3) is 0.333. The predicted molar refractivity (Wildman–Crippen MR) is 127 cm³/mol. The van der Waals surface area contributed by atoms with Gasteiger partial charge >= 0.3 is 0 Å². The molecule has 2 amide bonds. The Labute approximate surface area is 192 Å². The number of ether oxygens (including phenoxy) is 1. The number of hydrogen-bond donors (Lipinski definition) is 2. The highest BCUT2D eigenvalue weighted by Crippen LogP contribution is 2.30. The molecule has 0 aliphatic carbocycles. The Morgan fingerprint density at radius 1 is 0.939 bits per heavy atom. The van der Waals surface area contributed by atoms with Gasteiger partial charge in [0.15, 0.2) is 5.82 Å². The molecule has 9 heteroatoms. The normalized spacial score (nSPS) is 13.6. The van der Waals surface area contributed by atoms with E-state index in [1.54, 1.807) is 7.11 Å². The zero-order valence-corrected chi connectivity index (χ0v) is 18.9. The number of carbonyl (C=O) groups excluding carboxylic acids is 2. The molecule has 1 saturated heterocycles. The molecule has 0 saturated carbocycles. The Morgan fingerprint density at radius 2 is 1.64 bits per heavy atom. The average molecular weight is 449 g/mol. The molecule has 0 unspecified atom stereocenters. The molecular weight excluding hydrogens is 420 g/mol. The molecular formula is C24H28N6O3. The van der Waals surface area contributed by atoms with Gasteiger partial charge in [-0.05, 0) is 24.3 Å². The molecule has 1 fully saturated rings. The van der Waals surface area contributed by atoms with Gasteiger partial charge in [-0.1, -0.05) is 24.3 Å². The van der Waals surface area contributed by atoms with Crippen molar-refractivity contribution in [3.8, 4) is 5.75 Å². The van der Waals surface area contributed by atoms with E-state index in [4.69, 9.17) is 9.72 Å². The Bertz CT molecular complexity index is 1140. The zero-order valence-electron chi connectivity index (χ0n) is 18.9. The lowest BCUT2D eigenvalue weighted by atomic mass is 10.2. The highest BCUT2D eigenvalue weighted by Gasteiger charge is 2.22. The van der Waals surface area contributed by atoms with Gasteiger partial charge in [-0.2, -0.15) is 0 Å². The van der Waals surface area contributed by atoms with Crippen LogP contribution in [0.15, 0.2) is 48.5 Å². The highest BCUT2D eigenvalue weighted by molar-refractivity contribution is 5.90. The third kappa shape index (κ3) is 5.31. The van der Waals surface area contributed by atoms with Crippen molar-refractivity contribution in [2.24, 2.45) is 0 Å². The maximum Gasteiger partial charge on any atom is 0.239 e. The summed E-state index contributed by atoms with van der Waals surface area (Å²) in [7, 11) is 1.69. The number of anilines is 2. The number of carbonyl (C=O) groups is 2. The van der Waals surface area contributed by atoms with Crippen LogP contribution in [0.1, 0.15) is 12.7 Å². The first-order valence-corrected chi connectivity index (χ1v) is 10.9. The average Bonchev–Trinajstić information content (AvgIpc) is 2.85. The number of benzene rings is 2. The van der Waals surface area contributed by atoms with Crippen molar-refractivity contribution < 1.29 is 14.3 Å². The first-order valence-electron chi connectivity index (χ1n) is 10.9. The monoisotopic (exact) mass is 448 g/mol. The summed E-state index contributed by atoms with van der Waals surface area (Å²) in [6.07, 6.45) is 0. The second-order valence-corrected chi connectivity index (χ2v) is 7.81. The van der Waals surface area contributed by atoms with Crippen LogP contribution in [0.25, 0.3) is 10.9 Å². The van der Waals surface area contributed by atoms with Crippen molar-refractivity contribution in [2.45, 2.75) is 13.5 Å². The summed E-state index contributed by atoms with van der Waals surface area (Å²) in [4.78, 5) is 37.0. The van der Waals surface area contributed by atoms with Gasteiger partial charge in [0.2, 0.25) is 11.8 Å². The van der Waals surface area contributed by atoms with Crippen LogP contribution in [0.5, 0.6) is 5.75 Å². The van der Waals surface area contributed by atoms with E-state index in [0.717, 1.165) is 54.3 Å². The number of methoxy groups -OCH3 is 1. The summed E-state index contributed by atoms with van der Waals surface area (Å²) in [5.74, 6) is 1.74. The summed E-state index contributed by atoms with van der Waals surface area (Å²) in [5, 5.41) is 6.24. The fourth-order valence-electron chi connectivity index (χ4n) is 3.92. The number of para-hydroxylation sites is 3. The van der Waals surface area contributed by atoms with Crippen molar-refractivity contribution in [3.63, 3.8) is 0 Å². The smallest absolute Gasteiger partial charge is 0.239 e. The van der Waals surface area contributed by atoms with Gasteiger partial charge in [0.1, 0.15) is 11.6 Å². The minimum atomic E-state index is -0.283. The molecule has 172 valence electrons. The summed E-state index contributed by atoms with van der Waals surface area (Å²) in [6, 6.07) is 16.0. The van der Waals surface area contributed by atoms with Crippen molar-refractivity contribution in [2.75, 3.05) is 49.6 Å². The van der Waals surface area contributed by atoms with E-state index in [1.165, 1.54) is 6.92 Å². The number of nitrogens with one attached hydrogen (secondary N) is 2. The molecule has 33 heavy (non-hydrogen) atoms. The third-order valence-electron chi connectivity index (χ3n) is 5.58. The molecule has 0 atom stereocenters. The summed E-state index contributed by atoms with van der Waals surface area (Å²) >= 11 is 0.